The molecule has 8 nitrogen and oxygen atoms in total. The summed E-state index contributed by atoms with van der Waals surface area (Å²) in [5.41, 5.74) is 1.69. The average Bonchev–Trinajstić information content (AvgIpc) is 2.65. The van der Waals surface area contributed by atoms with Crippen LogP contribution in [0.3, 0.4) is 0 Å². The third-order valence-electron chi connectivity index (χ3n) is 4.35. The number of halogens is 1. The van der Waals surface area contributed by atoms with Crippen LogP contribution < -0.4 is 14.8 Å². The molecule has 0 saturated heterocycles. The minimum atomic E-state index is -4.05. The van der Waals surface area contributed by atoms with Crippen molar-refractivity contribution in [1.29, 1.82) is 0 Å². The number of rotatable bonds is 6. The van der Waals surface area contributed by atoms with E-state index in [1.165, 1.54) is 24.8 Å². The summed E-state index contributed by atoms with van der Waals surface area (Å²) in [6.45, 7) is 0.842. The van der Waals surface area contributed by atoms with E-state index >= 15 is 0 Å². The van der Waals surface area contributed by atoms with E-state index in [-0.39, 0.29) is 35.6 Å². The summed E-state index contributed by atoms with van der Waals surface area (Å²) in [5.74, 6) is 0.221. The summed E-state index contributed by atoms with van der Waals surface area (Å²) in [4.78, 5) is 10.1. The molecule has 0 spiro atoms. The van der Waals surface area contributed by atoms with Crippen molar-refractivity contribution in [1.82, 2.24) is 10.0 Å². The standard InChI is InChI=1S/C17H19N3O5S.ClH/c1-25-13-6-7-17(16(10-13)20(21)22)26(23,24)19-11-15-14-5-3-2-4-12(14)8-9-18-15;/h2-7,10,15,18-19H,8-9,11H2,1H3;1H. The first-order valence-corrected chi connectivity index (χ1v) is 9.54. The van der Waals surface area contributed by atoms with Crippen molar-refractivity contribution < 1.29 is 18.1 Å². The quantitative estimate of drug-likeness (QED) is 0.554. The maximum atomic E-state index is 12.6. The van der Waals surface area contributed by atoms with Gasteiger partial charge >= 0.3 is 0 Å². The Kier molecular flexibility index (Phi) is 6.77. The van der Waals surface area contributed by atoms with Crippen LogP contribution in [0.4, 0.5) is 5.69 Å². The molecule has 1 heterocycles. The van der Waals surface area contributed by atoms with Gasteiger partial charge in [-0.15, -0.1) is 12.4 Å². The van der Waals surface area contributed by atoms with E-state index in [9.17, 15) is 18.5 Å². The van der Waals surface area contributed by atoms with Gasteiger partial charge in [0.15, 0.2) is 4.90 Å². The van der Waals surface area contributed by atoms with Crippen molar-refractivity contribution in [2.24, 2.45) is 0 Å². The Morgan fingerprint density at radius 1 is 1.30 bits per heavy atom. The highest BCUT2D eigenvalue weighted by atomic mass is 35.5. The predicted octanol–water partition coefficient (Wildman–Crippen LogP) is 2.19. The highest BCUT2D eigenvalue weighted by Crippen LogP contribution is 2.29. The van der Waals surface area contributed by atoms with E-state index in [0.29, 0.717) is 0 Å². The number of methoxy groups -OCH3 is 1. The van der Waals surface area contributed by atoms with Crippen molar-refractivity contribution >= 4 is 28.1 Å². The molecule has 1 unspecified atom stereocenters. The van der Waals surface area contributed by atoms with Gasteiger partial charge in [0.2, 0.25) is 10.0 Å². The van der Waals surface area contributed by atoms with E-state index in [2.05, 4.69) is 10.0 Å². The van der Waals surface area contributed by atoms with Crippen LogP contribution >= 0.6 is 12.4 Å². The van der Waals surface area contributed by atoms with Crippen LogP contribution in [0, 0.1) is 10.1 Å². The molecule has 0 saturated carbocycles. The zero-order valence-electron chi connectivity index (χ0n) is 14.5. The lowest BCUT2D eigenvalue weighted by Crippen LogP contribution is -2.38. The van der Waals surface area contributed by atoms with Gasteiger partial charge < -0.3 is 10.1 Å². The molecule has 0 aliphatic carbocycles. The second-order valence-electron chi connectivity index (χ2n) is 5.90. The fourth-order valence-electron chi connectivity index (χ4n) is 3.04. The van der Waals surface area contributed by atoms with E-state index < -0.39 is 20.6 Å². The van der Waals surface area contributed by atoms with Crippen molar-refractivity contribution in [3.8, 4) is 5.75 Å². The smallest absolute Gasteiger partial charge is 0.293 e. The van der Waals surface area contributed by atoms with Gasteiger partial charge in [0, 0.05) is 12.6 Å². The van der Waals surface area contributed by atoms with Crippen LogP contribution in [0.1, 0.15) is 17.2 Å². The molecule has 2 aromatic rings. The summed E-state index contributed by atoms with van der Waals surface area (Å²) in [7, 11) is -2.69. The van der Waals surface area contributed by atoms with Crippen molar-refractivity contribution in [2.45, 2.75) is 17.4 Å². The van der Waals surface area contributed by atoms with Crippen LogP contribution in [0.25, 0.3) is 0 Å². The number of sulfonamides is 1. The fraction of sp³-hybridized carbons (Fsp3) is 0.294. The Morgan fingerprint density at radius 3 is 2.74 bits per heavy atom. The molecular formula is C17H20ClN3O5S. The number of hydrogen-bond donors (Lipinski definition) is 2. The number of nitrogens with one attached hydrogen (secondary N) is 2. The van der Waals surface area contributed by atoms with E-state index in [4.69, 9.17) is 4.74 Å². The first-order chi connectivity index (χ1) is 12.4. The molecule has 2 N–H and O–H groups in total. The molecule has 1 atom stereocenters. The third kappa shape index (κ3) is 4.56. The summed E-state index contributed by atoms with van der Waals surface area (Å²) in [6, 6.07) is 11.3. The molecule has 0 amide bonds. The summed E-state index contributed by atoms with van der Waals surface area (Å²) in [5, 5.41) is 14.5. The molecule has 146 valence electrons. The van der Waals surface area contributed by atoms with Gasteiger partial charge in [0.1, 0.15) is 5.75 Å². The number of ether oxygens (including phenoxy) is 1. The average molecular weight is 414 g/mol. The van der Waals surface area contributed by atoms with Gasteiger partial charge in [-0.25, -0.2) is 13.1 Å². The van der Waals surface area contributed by atoms with Crippen molar-refractivity contribution in [2.75, 3.05) is 20.2 Å². The molecule has 1 aliphatic rings. The Morgan fingerprint density at radius 2 is 2.04 bits per heavy atom. The number of benzene rings is 2. The minimum absolute atomic E-state index is 0. The van der Waals surface area contributed by atoms with Crippen molar-refractivity contribution in [3.63, 3.8) is 0 Å². The first-order valence-electron chi connectivity index (χ1n) is 8.05. The van der Waals surface area contributed by atoms with E-state index in [1.54, 1.807) is 0 Å². The Bertz CT molecular complexity index is 936. The lowest BCUT2D eigenvalue weighted by Gasteiger charge is -2.27. The summed E-state index contributed by atoms with van der Waals surface area (Å²) in [6.07, 6.45) is 0.878. The lowest BCUT2D eigenvalue weighted by molar-refractivity contribution is -0.387. The Labute approximate surface area is 163 Å². The molecule has 0 radical (unpaired) electrons. The summed E-state index contributed by atoms with van der Waals surface area (Å²) >= 11 is 0. The highest BCUT2D eigenvalue weighted by molar-refractivity contribution is 7.89. The Hall–Kier alpha value is -2.20. The second kappa shape index (κ2) is 8.66. The van der Waals surface area contributed by atoms with Gasteiger partial charge in [-0.1, -0.05) is 24.3 Å². The molecule has 0 bridgehead atoms. The number of fused-ring (bicyclic) bond motifs is 1. The van der Waals surface area contributed by atoms with Crippen LogP contribution in [0.5, 0.6) is 5.75 Å². The van der Waals surface area contributed by atoms with E-state index in [1.807, 2.05) is 24.3 Å². The number of nitrogens with zero attached hydrogens (tertiary/aromatic N) is 1. The normalized spacial score (nSPS) is 16.1. The highest BCUT2D eigenvalue weighted by Gasteiger charge is 2.28. The zero-order chi connectivity index (χ0) is 18.7. The fourth-order valence-corrected chi connectivity index (χ4v) is 4.24. The SMILES string of the molecule is COc1ccc(S(=O)(=O)NCC2NCCc3ccccc32)c([N+](=O)[O-])c1.Cl. The number of hydrogen-bond acceptors (Lipinski definition) is 6. The van der Waals surface area contributed by atoms with Gasteiger partial charge in [0.05, 0.1) is 18.1 Å². The van der Waals surface area contributed by atoms with Crippen LogP contribution in [0.2, 0.25) is 0 Å². The largest absolute Gasteiger partial charge is 0.497 e. The second-order valence-corrected chi connectivity index (χ2v) is 7.63. The van der Waals surface area contributed by atoms with Gasteiger partial charge in [-0.2, -0.15) is 0 Å². The van der Waals surface area contributed by atoms with Crippen LogP contribution in [0.15, 0.2) is 47.4 Å². The molecule has 3 rings (SSSR count). The van der Waals surface area contributed by atoms with Gasteiger partial charge in [0.25, 0.3) is 5.69 Å². The first kappa shape index (κ1) is 21.1. The minimum Gasteiger partial charge on any atom is -0.497 e. The zero-order valence-corrected chi connectivity index (χ0v) is 16.2. The molecule has 0 aromatic heterocycles. The van der Waals surface area contributed by atoms with E-state index in [0.717, 1.165) is 24.6 Å². The molecule has 10 heteroatoms. The molecule has 0 fully saturated rings. The van der Waals surface area contributed by atoms with Crippen LogP contribution in [-0.4, -0.2) is 33.5 Å². The number of nitro groups is 1. The van der Waals surface area contributed by atoms with Crippen LogP contribution in [-0.2, 0) is 16.4 Å². The molecule has 1 aliphatic heterocycles. The Balaban J connectivity index is 0.00000261. The van der Waals surface area contributed by atoms with Gasteiger partial charge in [-0.05, 0) is 36.2 Å². The third-order valence-corrected chi connectivity index (χ3v) is 5.82. The molecule has 27 heavy (non-hydrogen) atoms. The maximum Gasteiger partial charge on any atom is 0.293 e. The molecule has 2 aromatic carbocycles. The summed E-state index contributed by atoms with van der Waals surface area (Å²) < 4.78 is 32.7. The maximum absolute atomic E-state index is 12.6. The predicted molar refractivity (Wildman–Crippen MR) is 103 cm³/mol. The van der Waals surface area contributed by atoms with Gasteiger partial charge in [-0.3, -0.25) is 10.1 Å². The number of nitro benzene ring substituents is 1. The lowest BCUT2D eigenvalue weighted by atomic mass is 9.95. The molecular weight excluding hydrogens is 394 g/mol. The topological polar surface area (TPSA) is 111 Å². The van der Waals surface area contributed by atoms with Crippen molar-refractivity contribution in [3.05, 3.63) is 63.7 Å². The monoisotopic (exact) mass is 413 g/mol.